The Morgan fingerprint density at radius 2 is 1.97 bits per heavy atom. The van der Waals surface area contributed by atoms with Gasteiger partial charge in [0.25, 0.3) is 0 Å². The van der Waals surface area contributed by atoms with Gasteiger partial charge in [-0.2, -0.15) is 4.39 Å². The molecule has 0 unspecified atom stereocenters. The first-order valence-electron chi connectivity index (χ1n) is 9.56. The number of aromatic nitrogens is 3. The van der Waals surface area contributed by atoms with E-state index in [0.717, 1.165) is 0 Å². The third kappa shape index (κ3) is 4.16. The van der Waals surface area contributed by atoms with Crippen LogP contribution in [0.3, 0.4) is 0 Å². The maximum Gasteiger partial charge on any atom is 0.335 e. The number of aromatic carboxylic acids is 1. The molecule has 4 rings (SSSR count). The number of anilines is 2. The Kier molecular flexibility index (Phi) is 5.86. The molecular weight excluding hydrogens is 444 g/mol. The van der Waals surface area contributed by atoms with Crippen LogP contribution in [0.4, 0.5) is 29.1 Å². The zero-order valence-electron chi connectivity index (χ0n) is 17.0. The number of benzene rings is 2. The quantitative estimate of drug-likeness (QED) is 0.380. The van der Waals surface area contributed by atoms with E-state index in [-0.39, 0.29) is 39.6 Å². The highest BCUT2D eigenvalue weighted by atomic mass is 19.3. The number of imidazole rings is 1. The Morgan fingerprint density at radius 1 is 1.18 bits per heavy atom. The van der Waals surface area contributed by atoms with Crippen LogP contribution in [-0.2, 0) is 6.42 Å². The molecular formula is C22H16F4N4O3. The van der Waals surface area contributed by atoms with Crippen molar-refractivity contribution in [3.05, 3.63) is 71.7 Å². The molecule has 0 bridgehead atoms. The van der Waals surface area contributed by atoms with E-state index in [4.69, 9.17) is 4.74 Å². The van der Waals surface area contributed by atoms with Crippen molar-refractivity contribution in [2.45, 2.75) is 12.8 Å². The number of fused-ring (bicyclic) bond motifs is 1. The third-order valence-corrected chi connectivity index (χ3v) is 4.94. The Labute approximate surface area is 184 Å². The predicted molar refractivity (Wildman–Crippen MR) is 111 cm³/mol. The maximum absolute atomic E-state index is 14.6. The van der Waals surface area contributed by atoms with E-state index in [1.807, 2.05) is 0 Å². The summed E-state index contributed by atoms with van der Waals surface area (Å²) in [5, 5.41) is 12.1. The summed E-state index contributed by atoms with van der Waals surface area (Å²) in [6, 6.07) is 6.57. The number of carboxylic acid groups (broad SMARTS) is 1. The summed E-state index contributed by atoms with van der Waals surface area (Å²) in [4.78, 5) is 19.7. The minimum absolute atomic E-state index is 0.0470. The van der Waals surface area contributed by atoms with Gasteiger partial charge in [-0.3, -0.25) is 4.40 Å². The van der Waals surface area contributed by atoms with Gasteiger partial charge in [-0.05, 0) is 35.9 Å². The lowest BCUT2D eigenvalue weighted by molar-refractivity contribution is 0.0694. The Balaban J connectivity index is 1.74. The summed E-state index contributed by atoms with van der Waals surface area (Å²) in [5.41, 5.74) is 0.474. The Bertz CT molecular complexity index is 1360. The molecule has 2 aromatic carbocycles. The second kappa shape index (κ2) is 8.77. The van der Waals surface area contributed by atoms with Crippen LogP contribution < -0.4 is 10.1 Å². The van der Waals surface area contributed by atoms with Gasteiger partial charge in [0.15, 0.2) is 23.0 Å². The Morgan fingerprint density at radius 3 is 2.67 bits per heavy atom. The van der Waals surface area contributed by atoms with Crippen LogP contribution in [0.1, 0.15) is 15.9 Å². The third-order valence-electron chi connectivity index (χ3n) is 4.94. The second-order valence-corrected chi connectivity index (χ2v) is 6.95. The molecule has 0 aliphatic carbocycles. The number of nitrogens with one attached hydrogen (secondary N) is 1. The highest BCUT2D eigenvalue weighted by Gasteiger charge is 2.20. The zero-order valence-corrected chi connectivity index (χ0v) is 17.0. The lowest BCUT2D eigenvalue weighted by atomic mass is 10.0. The molecule has 11 heteroatoms. The number of ether oxygens (including phenoxy) is 1. The van der Waals surface area contributed by atoms with Crippen LogP contribution in [0, 0.1) is 11.6 Å². The van der Waals surface area contributed by atoms with E-state index in [9.17, 15) is 27.5 Å². The largest absolute Gasteiger partial charge is 0.494 e. The zero-order chi connectivity index (χ0) is 23.7. The van der Waals surface area contributed by atoms with Crippen molar-refractivity contribution >= 4 is 23.1 Å². The normalized spacial score (nSPS) is 11.2. The molecule has 2 N–H and O–H groups in total. The van der Waals surface area contributed by atoms with Crippen LogP contribution >= 0.6 is 0 Å². The van der Waals surface area contributed by atoms with Gasteiger partial charge in [-0.1, -0.05) is 0 Å². The van der Waals surface area contributed by atoms with Gasteiger partial charge in [-0.25, -0.2) is 27.9 Å². The molecule has 0 atom stereocenters. The highest BCUT2D eigenvalue weighted by molar-refractivity contribution is 5.90. The summed E-state index contributed by atoms with van der Waals surface area (Å²) < 4.78 is 60.9. The summed E-state index contributed by atoms with van der Waals surface area (Å²) in [6.45, 7) is 0. The fourth-order valence-corrected chi connectivity index (χ4v) is 3.45. The first-order chi connectivity index (χ1) is 15.8. The molecule has 2 heterocycles. The van der Waals surface area contributed by atoms with E-state index in [0.29, 0.717) is 5.69 Å². The van der Waals surface area contributed by atoms with Gasteiger partial charge in [0.05, 0.1) is 24.6 Å². The molecule has 0 spiro atoms. The summed E-state index contributed by atoms with van der Waals surface area (Å²) in [6.07, 6.45) is 0.770. The first-order valence-corrected chi connectivity index (χ1v) is 9.56. The lowest BCUT2D eigenvalue weighted by Crippen LogP contribution is -2.07. The molecule has 33 heavy (non-hydrogen) atoms. The molecule has 0 radical (unpaired) electrons. The average molecular weight is 460 g/mol. The van der Waals surface area contributed by atoms with E-state index in [1.165, 1.54) is 60.4 Å². The van der Waals surface area contributed by atoms with Crippen LogP contribution in [0.2, 0.25) is 0 Å². The van der Waals surface area contributed by atoms with E-state index < -0.39 is 30.5 Å². The van der Waals surface area contributed by atoms with Gasteiger partial charge < -0.3 is 15.2 Å². The second-order valence-electron chi connectivity index (χ2n) is 6.95. The van der Waals surface area contributed by atoms with Crippen molar-refractivity contribution in [1.82, 2.24) is 14.4 Å². The Hall–Kier alpha value is -4.15. The molecule has 170 valence electrons. The predicted octanol–water partition coefficient (Wildman–Crippen LogP) is 4.93. The number of hydrogen-bond acceptors (Lipinski definition) is 5. The van der Waals surface area contributed by atoms with Gasteiger partial charge in [-0.15, -0.1) is 0 Å². The van der Waals surface area contributed by atoms with Crippen LogP contribution in [-0.4, -0.2) is 39.0 Å². The van der Waals surface area contributed by atoms with E-state index >= 15 is 0 Å². The molecule has 0 saturated heterocycles. The minimum atomic E-state index is -2.73. The van der Waals surface area contributed by atoms with Crippen LogP contribution in [0.5, 0.6) is 5.75 Å². The molecule has 0 aliphatic rings. The number of alkyl halides is 2. The van der Waals surface area contributed by atoms with E-state index in [2.05, 4.69) is 15.3 Å². The summed E-state index contributed by atoms with van der Waals surface area (Å²) >= 11 is 0. The number of nitrogens with zero attached hydrogens (tertiary/aromatic N) is 3. The monoisotopic (exact) mass is 460 g/mol. The van der Waals surface area contributed by atoms with Crippen molar-refractivity contribution in [1.29, 1.82) is 0 Å². The summed E-state index contributed by atoms with van der Waals surface area (Å²) in [5.74, 6) is -3.60. The number of halogens is 4. The minimum Gasteiger partial charge on any atom is -0.494 e. The highest BCUT2D eigenvalue weighted by Crippen LogP contribution is 2.31. The van der Waals surface area contributed by atoms with Crippen molar-refractivity contribution < 1.29 is 32.2 Å². The molecule has 7 nitrogen and oxygen atoms in total. The molecule has 0 fully saturated rings. The molecule has 0 amide bonds. The van der Waals surface area contributed by atoms with Crippen LogP contribution in [0.15, 0.2) is 48.9 Å². The fourth-order valence-electron chi connectivity index (χ4n) is 3.45. The van der Waals surface area contributed by atoms with Crippen molar-refractivity contribution in [2.24, 2.45) is 0 Å². The standard InChI is InChI=1S/C22H16F4N4O3/c1-33-16-5-4-14(18(25)19(16)26)15-10-28-21-20(27-6-7-30(15)21)29-12-2-3-13(22(31)32)11(8-12)9-17(23)24/h2-8,10,17H,9H2,1H3,(H,27,29)(H,31,32). The fraction of sp³-hybridized carbons (Fsp3) is 0.136. The molecule has 0 aliphatic heterocycles. The maximum atomic E-state index is 14.6. The molecule has 2 aromatic heterocycles. The van der Waals surface area contributed by atoms with Crippen molar-refractivity contribution in [2.75, 3.05) is 12.4 Å². The van der Waals surface area contributed by atoms with Gasteiger partial charge in [0.1, 0.15) is 0 Å². The van der Waals surface area contributed by atoms with Gasteiger partial charge in [0.2, 0.25) is 12.2 Å². The summed E-state index contributed by atoms with van der Waals surface area (Å²) in [7, 11) is 1.23. The van der Waals surface area contributed by atoms with Crippen molar-refractivity contribution in [3.63, 3.8) is 0 Å². The van der Waals surface area contributed by atoms with Gasteiger partial charge in [0, 0.05) is 30.1 Å². The number of hydrogen-bond donors (Lipinski definition) is 2. The van der Waals surface area contributed by atoms with Gasteiger partial charge >= 0.3 is 5.97 Å². The van der Waals surface area contributed by atoms with Crippen LogP contribution in [0.25, 0.3) is 16.9 Å². The van der Waals surface area contributed by atoms with Crippen molar-refractivity contribution in [3.8, 4) is 17.0 Å². The molecule has 4 aromatic rings. The molecule has 0 saturated carbocycles. The SMILES string of the molecule is COc1ccc(-c2cnc3c(Nc4ccc(C(=O)O)c(CC(F)F)c4)nccn23)c(F)c1F. The number of rotatable bonds is 7. The number of carbonyl (C=O) groups is 1. The average Bonchev–Trinajstić information content (AvgIpc) is 3.20. The lowest BCUT2D eigenvalue weighted by Gasteiger charge is -2.12. The number of methoxy groups -OCH3 is 1. The topological polar surface area (TPSA) is 88.8 Å². The number of carboxylic acids is 1. The smallest absolute Gasteiger partial charge is 0.335 e. The first kappa shape index (κ1) is 22.1. The van der Waals surface area contributed by atoms with E-state index in [1.54, 1.807) is 0 Å².